The number of alkyl halides is 3. The second kappa shape index (κ2) is 10.2. The molecule has 0 spiro atoms. The molecule has 1 amide bonds. The van der Waals surface area contributed by atoms with Crippen LogP contribution in [0.25, 0.3) is 11.1 Å². The fraction of sp³-hybridized carbons (Fsp3) is 0.296. The van der Waals surface area contributed by atoms with Gasteiger partial charge in [0.15, 0.2) is 0 Å². The molecule has 1 aliphatic heterocycles. The van der Waals surface area contributed by atoms with Crippen LogP contribution in [0.4, 0.5) is 28.9 Å². The normalized spacial score (nSPS) is 14.8. The van der Waals surface area contributed by atoms with Crippen LogP contribution in [-0.4, -0.2) is 39.5 Å². The highest BCUT2D eigenvalue weighted by molar-refractivity contribution is 7.88. The zero-order valence-corrected chi connectivity index (χ0v) is 23.0. The quantitative estimate of drug-likeness (QED) is 0.214. The maximum absolute atomic E-state index is 13.9. The fourth-order valence-corrected chi connectivity index (χ4v) is 4.88. The molecular weight excluding hydrogens is 556 g/mol. The predicted molar refractivity (Wildman–Crippen MR) is 141 cm³/mol. The first-order valence-electron chi connectivity index (χ1n) is 11.9. The van der Waals surface area contributed by atoms with Gasteiger partial charge in [-0.3, -0.25) is 4.79 Å². The number of halogens is 4. The first-order chi connectivity index (χ1) is 18.6. The number of amides is 1. The van der Waals surface area contributed by atoms with Crippen molar-refractivity contribution in [3.8, 4) is 28.4 Å². The first kappa shape index (κ1) is 29.0. The maximum atomic E-state index is 13.9. The van der Waals surface area contributed by atoms with Gasteiger partial charge in [-0.1, -0.05) is 12.1 Å². The predicted octanol–water partition coefficient (Wildman–Crippen LogP) is 5.78. The minimum Gasteiger partial charge on any atom is -0.496 e. The number of aryl methyl sites for hydroxylation is 1. The summed E-state index contributed by atoms with van der Waals surface area (Å²) in [5.41, 5.74) is -3.48. The molecule has 13 heteroatoms. The number of nitrogens with one attached hydrogen (secondary N) is 1. The Bertz CT molecular complexity index is 1590. The van der Waals surface area contributed by atoms with Crippen LogP contribution < -0.4 is 23.9 Å². The number of anilines is 2. The van der Waals surface area contributed by atoms with Crippen molar-refractivity contribution in [2.24, 2.45) is 0 Å². The number of hydrogen-bond acceptors (Lipinski definition) is 7. The summed E-state index contributed by atoms with van der Waals surface area (Å²) in [6, 6.07) is 10.9. The standard InChI is InChI=1S/C27H26F4N2O6S/c1-15-6-7-16(28)12-22(15)38-14-20-18(10-11-21-24(20)33(4)25(34)26(2,3)32-21)19-9-8-17(13-23(19)37-5)39-40(35,36)27(29,30)31/h6-13,32H,14H2,1-5H3. The smallest absolute Gasteiger partial charge is 0.496 e. The van der Waals surface area contributed by atoms with E-state index in [1.54, 1.807) is 46.0 Å². The molecule has 3 aromatic carbocycles. The molecule has 0 saturated carbocycles. The molecule has 40 heavy (non-hydrogen) atoms. The molecule has 0 bridgehead atoms. The van der Waals surface area contributed by atoms with Gasteiger partial charge in [-0.2, -0.15) is 21.6 Å². The number of benzene rings is 3. The van der Waals surface area contributed by atoms with Crippen molar-refractivity contribution >= 4 is 27.4 Å². The lowest BCUT2D eigenvalue weighted by Crippen LogP contribution is -2.52. The van der Waals surface area contributed by atoms with Crippen molar-refractivity contribution in [1.82, 2.24) is 0 Å². The Morgan fingerprint density at radius 1 is 1.00 bits per heavy atom. The lowest BCUT2D eigenvalue weighted by molar-refractivity contribution is -0.121. The van der Waals surface area contributed by atoms with E-state index in [9.17, 15) is 30.8 Å². The molecule has 3 aromatic rings. The summed E-state index contributed by atoms with van der Waals surface area (Å²) in [6.45, 7) is 5.07. The number of rotatable bonds is 7. The van der Waals surface area contributed by atoms with Gasteiger partial charge in [0.25, 0.3) is 5.91 Å². The largest absolute Gasteiger partial charge is 0.534 e. The fourth-order valence-electron chi connectivity index (χ4n) is 4.43. The van der Waals surface area contributed by atoms with E-state index < -0.39 is 32.7 Å². The molecule has 0 saturated heterocycles. The Labute approximate surface area is 228 Å². The molecule has 0 radical (unpaired) electrons. The number of fused-ring (bicyclic) bond motifs is 1. The van der Waals surface area contributed by atoms with Crippen LogP contribution in [0.1, 0.15) is 25.0 Å². The molecule has 4 rings (SSSR count). The molecule has 0 fully saturated rings. The monoisotopic (exact) mass is 582 g/mol. The number of carbonyl (C=O) groups excluding carboxylic acids is 1. The summed E-state index contributed by atoms with van der Waals surface area (Å²) in [4.78, 5) is 14.6. The van der Waals surface area contributed by atoms with Crippen LogP contribution in [0.3, 0.4) is 0 Å². The average molecular weight is 583 g/mol. The molecule has 214 valence electrons. The van der Waals surface area contributed by atoms with Crippen LogP contribution in [0.5, 0.6) is 17.2 Å². The van der Waals surface area contributed by atoms with Gasteiger partial charge in [-0.05, 0) is 56.2 Å². The molecule has 1 heterocycles. The van der Waals surface area contributed by atoms with Gasteiger partial charge in [-0.25, -0.2) is 4.39 Å². The highest BCUT2D eigenvalue weighted by atomic mass is 32.2. The Hall–Kier alpha value is -4.00. The van der Waals surface area contributed by atoms with E-state index in [0.717, 1.165) is 12.1 Å². The van der Waals surface area contributed by atoms with Gasteiger partial charge < -0.3 is 23.9 Å². The average Bonchev–Trinajstić information content (AvgIpc) is 2.86. The number of methoxy groups -OCH3 is 1. The third-order valence-corrected chi connectivity index (χ3v) is 7.36. The van der Waals surface area contributed by atoms with Gasteiger partial charge >= 0.3 is 15.6 Å². The molecule has 0 atom stereocenters. The molecule has 0 aliphatic carbocycles. The van der Waals surface area contributed by atoms with Gasteiger partial charge in [0.05, 0.1) is 18.5 Å². The molecule has 8 nitrogen and oxygen atoms in total. The summed E-state index contributed by atoms with van der Waals surface area (Å²) >= 11 is 0. The number of hydrogen-bond donors (Lipinski definition) is 1. The van der Waals surface area contributed by atoms with Crippen LogP contribution in [0.2, 0.25) is 0 Å². The van der Waals surface area contributed by atoms with E-state index in [2.05, 4.69) is 9.50 Å². The summed E-state index contributed by atoms with van der Waals surface area (Å²) in [7, 11) is -3.05. The minimum absolute atomic E-state index is 0.00362. The van der Waals surface area contributed by atoms with E-state index in [4.69, 9.17) is 9.47 Å². The molecule has 0 aromatic heterocycles. The van der Waals surface area contributed by atoms with Crippen molar-refractivity contribution in [3.63, 3.8) is 0 Å². The molecule has 1 N–H and O–H groups in total. The number of likely N-dealkylation sites (N-methyl/N-ethyl adjacent to an activating group) is 1. The maximum Gasteiger partial charge on any atom is 0.534 e. The van der Waals surface area contributed by atoms with Crippen LogP contribution in [0.15, 0.2) is 48.5 Å². The lowest BCUT2D eigenvalue weighted by atomic mass is 9.91. The summed E-state index contributed by atoms with van der Waals surface area (Å²) < 4.78 is 91.1. The highest BCUT2D eigenvalue weighted by Gasteiger charge is 2.48. The Kier molecular flexibility index (Phi) is 7.39. The van der Waals surface area contributed by atoms with Crippen molar-refractivity contribution in [2.75, 3.05) is 24.4 Å². The van der Waals surface area contributed by atoms with E-state index in [1.165, 1.54) is 30.2 Å². The number of carbonyl (C=O) groups is 1. The van der Waals surface area contributed by atoms with Crippen molar-refractivity contribution in [3.05, 3.63) is 65.5 Å². The highest BCUT2D eigenvalue weighted by Crippen LogP contribution is 2.45. The van der Waals surface area contributed by atoms with Crippen molar-refractivity contribution in [2.45, 2.75) is 38.4 Å². The molecule has 1 aliphatic rings. The zero-order chi connectivity index (χ0) is 29.6. The zero-order valence-electron chi connectivity index (χ0n) is 22.1. The van der Waals surface area contributed by atoms with Gasteiger partial charge in [0.1, 0.15) is 35.2 Å². The van der Waals surface area contributed by atoms with E-state index >= 15 is 0 Å². The lowest BCUT2D eigenvalue weighted by Gasteiger charge is -2.39. The topological polar surface area (TPSA) is 94.2 Å². The van der Waals surface area contributed by atoms with Crippen LogP contribution in [-0.2, 0) is 21.5 Å². The Morgan fingerprint density at radius 2 is 1.68 bits per heavy atom. The SMILES string of the molecule is COc1cc(OS(=O)(=O)C(F)(F)F)ccc1-c1ccc2c(c1COc1cc(F)ccc1C)N(C)C(=O)C(C)(C)N2. The Morgan fingerprint density at radius 3 is 2.33 bits per heavy atom. The Balaban J connectivity index is 1.86. The third-order valence-electron chi connectivity index (χ3n) is 6.38. The summed E-state index contributed by atoms with van der Waals surface area (Å²) in [5, 5.41) is 3.20. The first-order valence-corrected chi connectivity index (χ1v) is 13.3. The van der Waals surface area contributed by atoms with Crippen molar-refractivity contribution < 1.29 is 44.4 Å². The van der Waals surface area contributed by atoms with E-state index in [-0.39, 0.29) is 24.0 Å². The van der Waals surface area contributed by atoms with Gasteiger partial charge in [0.2, 0.25) is 0 Å². The summed E-state index contributed by atoms with van der Waals surface area (Å²) in [5.74, 6) is -1.09. The van der Waals surface area contributed by atoms with Gasteiger partial charge in [0, 0.05) is 30.3 Å². The summed E-state index contributed by atoms with van der Waals surface area (Å²) in [6.07, 6.45) is 0. The van der Waals surface area contributed by atoms with Crippen LogP contribution >= 0.6 is 0 Å². The number of nitrogens with zero attached hydrogens (tertiary/aromatic N) is 1. The van der Waals surface area contributed by atoms with Crippen LogP contribution in [0, 0.1) is 12.7 Å². The van der Waals surface area contributed by atoms with Gasteiger partial charge in [-0.15, -0.1) is 0 Å². The minimum atomic E-state index is -5.90. The molecular formula is C27H26F4N2O6S. The third kappa shape index (κ3) is 5.37. The van der Waals surface area contributed by atoms with E-state index in [0.29, 0.717) is 33.6 Å². The van der Waals surface area contributed by atoms with E-state index in [1.807, 2.05) is 0 Å². The second-order valence-corrected chi connectivity index (χ2v) is 11.2. The number of ether oxygens (including phenoxy) is 2. The van der Waals surface area contributed by atoms with Crippen molar-refractivity contribution in [1.29, 1.82) is 0 Å². The second-order valence-electron chi connectivity index (χ2n) is 9.65. The molecule has 0 unspecified atom stereocenters.